The number of nitrogens with one attached hydrogen (secondary N) is 1. The Hall–Kier alpha value is -2.09. The first kappa shape index (κ1) is 17.7. The Labute approximate surface area is 149 Å². The van der Waals surface area contributed by atoms with Gasteiger partial charge in [0.2, 0.25) is 11.2 Å². The van der Waals surface area contributed by atoms with E-state index >= 15 is 0 Å². The number of hydrogen-bond acceptors (Lipinski definition) is 4. The van der Waals surface area contributed by atoms with E-state index in [4.69, 9.17) is 11.6 Å². The quantitative estimate of drug-likeness (QED) is 0.645. The van der Waals surface area contributed by atoms with E-state index in [1.54, 1.807) is 0 Å². The molecule has 2 aromatic heterocycles. The zero-order valence-electron chi connectivity index (χ0n) is 14.4. The number of nitrogens with zero attached hydrogens (tertiary/aromatic N) is 4. The number of amides is 1. The summed E-state index contributed by atoms with van der Waals surface area (Å²) in [5.41, 5.74) is -0.660. The molecule has 1 saturated carbocycles. The van der Waals surface area contributed by atoms with Gasteiger partial charge in [0.25, 0.3) is 5.56 Å². The first-order chi connectivity index (χ1) is 11.9. The molecule has 9 heteroatoms. The molecule has 0 saturated heterocycles. The van der Waals surface area contributed by atoms with Crippen LogP contribution >= 0.6 is 11.6 Å². The number of carbonyl (C=O) groups excluding carboxylic acids is 1. The van der Waals surface area contributed by atoms with Gasteiger partial charge in [0.05, 0.1) is 0 Å². The number of aryl methyl sites for hydroxylation is 1. The third-order valence-electron chi connectivity index (χ3n) is 4.82. The van der Waals surface area contributed by atoms with Gasteiger partial charge in [0.15, 0.2) is 11.2 Å². The summed E-state index contributed by atoms with van der Waals surface area (Å²) in [6.07, 6.45) is 6.58. The van der Waals surface area contributed by atoms with Gasteiger partial charge >= 0.3 is 5.69 Å². The highest BCUT2D eigenvalue weighted by Gasteiger charge is 2.21. The monoisotopic (exact) mass is 367 g/mol. The molecule has 1 N–H and O–H groups in total. The van der Waals surface area contributed by atoms with Crippen molar-refractivity contribution in [1.82, 2.24) is 24.0 Å². The molecule has 0 aromatic carbocycles. The Morgan fingerprint density at radius 1 is 1.16 bits per heavy atom. The van der Waals surface area contributed by atoms with Gasteiger partial charge < -0.3 is 5.32 Å². The summed E-state index contributed by atoms with van der Waals surface area (Å²) in [6, 6.07) is 0.163. The fraction of sp³-hybridized carbons (Fsp3) is 0.625. The van der Waals surface area contributed by atoms with Crippen molar-refractivity contribution < 1.29 is 4.79 Å². The van der Waals surface area contributed by atoms with Crippen LogP contribution in [-0.4, -0.2) is 30.6 Å². The maximum Gasteiger partial charge on any atom is 0.332 e. The van der Waals surface area contributed by atoms with Crippen molar-refractivity contribution in [2.75, 3.05) is 0 Å². The highest BCUT2D eigenvalue weighted by atomic mass is 35.5. The van der Waals surface area contributed by atoms with E-state index in [9.17, 15) is 14.4 Å². The molecule has 2 heterocycles. The Kier molecular flexibility index (Phi) is 4.99. The number of carbonyl (C=O) groups is 1. The smallest absolute Gasteiger partial charge is 0.332 e. The van der Waals surface area contributed by atoms with Crippen molar-refractivity contribution in [3.63, 3.8) is 0 Å². The number of imidazole rings is 1. The summed E-state index contributed by atoms with van der Waals surface area (Å²) >= 11 is 6.14. The van der Waals surface area contributed by atoms with Crippen LogP contribution in [0.15, 0.2) is 9.59 Å². The van der Waals surface area contributed by atoms with Gasteiger partial charge in [-0.2, -0.15) is 4.98 Å². The second-order valence-corrected chi connectivity index (χ2v) is 6.94. The summed E-state index contributed by atoms with van der Waals surface area (Å²) in [5, 5.41) is 3.04. The van der Waals surface area contributed by atoms with Crippen LogP contribution in [0.4, 0.5) is 0 Å². The minimum atomic E-state index is -0.514. The Morgan fingerprint density at radius 3 is 2.44 bits per heavy atom. The lowest BCUT2D eigenvalue weighted by Crippen LogP contribution is -2.39. The second kappa shape index (κ2) is 7.03. The standard InChI is InChI=1S/C16H22ClN5O3/c1-20-13-12(14(24)21(2)16(20)25)22(15(17)19-13)9-11(23)18-10-7-5-3-4-6-8-10/h10H,3-9H2,1-2H3,(H,18,23). The van der Waals surface area contributed by atoms with Crippen LogP contribution in [0.25, 0.3) is 11.2 Å². The van der Waals surface area contributed by atoms with Crippen LogP contribution in [0.5, 0.6) is 0 Å². The predicted molar refractivity (Wildman–Crippen MR) is 94.9 cm³/mol. The molecule has 1 aliphatic carbocycles. The van der Waals surface area contributed by atoms with Crippen LogP contribution in [-0.2, 0) is 25.4 Å². The number of hydrogen-bond donors (Lipinski definition) is 1. The number of halogens is 1. The fourth-order valence-electron chi connectivity index (χ4n) is 3.40. The number of rotatable bonds is 3. The molecule has 8 nitrogen and oxygen atoms in total. The minimum absolute atomic E-state index is 0.0179. The van der Waals surface area contributed by atoms with E-state index in [1.807, 2.05) is 0 Å². The molecule has 1 amide bonds. The average molecular weight is 368 g/mol. The molecule has 0 unspecified atom stereocenters. The van der Waals surface area contributed by atoms with Crippen molar-refractivity contribution in [2.45, 2.75) is 51.1 Å². The van der Waals surface area contributed by atoms with Crippen molar-refractivity contribution in [2.24, 2.45) is 14.1 Å². The molecule has 0 aliphatic heterocycles. The molecular formula is C16H22ClN5O3. The van der Waals surface area contributed by atoms with E-state index in [0.29, 0.717) is 0 Å². The van der Waals surface area contributed by atoms with Crippen LogP contribution < -0.4 is 16.6 Å². The summed E-state index contributed by atoms with van der Waals surface area (Å²) in [4.78, 5) is 41.0. The van der Waals surface area contributed by atoms with Crippen LogP contribution in [0.2, 0.25) is 5.28 Å². The third kappa shape index (κ3) is 3.35. The van der Waals surface area contributed by atoms with E-state index in [1.165, 1.54) is 36.1 Å². The van der Waals surface area contributed by atoms with Crippen LogP contribution in [0.1, 0.15) is 38.5 Å². The van der Waals surface area contributed by atoms with Crippen molar-refractivity contribution in [1.29, 1.82) is 0 Å². The van der Waals surface area contributed by atoms with Crippen LogP contribution in [0, 0.1) is 0 Å². The van der Waals surface area contributed by atoms with E-state index in [-0.39, 0.29) is 34.9 Å². The minimum Gasteiger partial charge on any atom is -0.352 e. The Bertz CT molecular complexity index is 918. The fourth-order valence-corrected chi connectivity index (χ4v) is 3.63. The third-order valence-corrected chi connectivity index (χ3v) is 5.11. The highest BCUT2D eigenvalue weighted by Crippen LogP contribution is 2.18. The van der Waals surface area contributed by atoms with Gasteiger partial charge in [-0.3, -0.25) is 23.3 Å². The van der Waals surface area contributed by atoms with Crippen molar-refractivity contribution >= 4 is 28.7 Å². The summed E-state index contributed by atoms with van der Waals surface area (Å²) < 4.78 is 3.60. The SMILES string of the molecule is Cn1c(=O)c2c(nc(Cl)n2CC(=O)NC2CCCCCC2)n(C)c1=O. The average Bonchev–Trinajstić information content (AvgIpc) is 2.76. The van der Waals surface area contributed by atoms with Crippen LogP contribution in [0.3, 0.4) is 0 Å². The van der Waals surface area contributed by atoms with Gasteiger partial charge in [0, 0.05) is 20.1 Å². The lowest BCUT2D eigenvalue weighted by atomic mass is 10.1. The molecule has 0 bridgehead atoms. The molecule has 0 radical (unpaired) electrons. The van der Waals surface area contributed by atoms with Gasteiger partial charge in [-0.05, 0) is 24.4 Å². The zero-order chi connectivity index (χ0) is 18.1. The molecule has 1 fully saturated rings. The van der Waals surface area contributed by atoms with E-state index in [0.717, 1.165) is 30.3 Å². The number of fused-ring (bicyclic) bond motifs is 1. The molecule has 136 valence electrons. The van der Waals surface area contributed by atoms with E-state index in [2.05, 4.69) is 10.3 Å². The first-order valence-corrected chi connectivity index (χ1v) is 8.89. The maximum atomic E-state index is 12.5. The normalized spacial score (nSPS) is 16.1. The predicted octanol–water partition coefficient (Wildman–Crippen LogP) is 0.926. The molecule has 3 rings (SSSR count). The lowest BCUT2D eigenvalue weighted by molar-refractivity contribution is -0.122. The maximum absolute atomic E-state index is 12.5. The largest absolute Gasteiger partial charge is 0.352 e. The molecular weight excluding hydrogens is 346 g/mol. The zero-order valence-corrected chi connectivity index (χ0v) is 15.2. The topological polar surface area (TPSA) is 90.9 Å². The molecule has 0 spiro atoms. The summed E-state index contributed by atoms with van der Waals surface area (Å²) in [5.74, 6) is -0.205. The molecule has 0 atom stereocenters. The molecule has 1 aliphatic rings. The number of aromatic nitrogens is 4. The van der Waals surface area contributed by atoms with Gasteiger partial charge in [-0.1, -0.05) is 25.7 Å². The van der Waals surface area contributed by atoms with Gasteiger partial charge in [-0.15, -0.1) is 0 Å². The Morgan fingerprint density at radius 2 is 1.80 bits per heavy atom. The van der Waals surface area contributed by atoms with Gasteiger partial charge in [-0.25, -0.2) is 4.79 Å². The van der Waals surface area contributed by atoms with E-state index < -0.39 is 11.2 Å². The molecule has 2 aromatic rings. The summed E-state index contributed by atoms with van der Waals surface area (Å²) in [6.45, 7) is -0.0979. The Balaban J connectivity index is 1.91. The van der Waals surface area contributed by atoms with Crippen molar-refractivity contribution in [3.05, 3.63) is 26.1 Å². The highest BCUT2D eigenvalue weighted by molar-refractivity contribution is 6.29. The second-order valence-electron chi connectivity index (χ2n) is 6.60. The molecule has 25 heavy (non-hydrogen) atoms. The first-order valence-electron chi connectivity index (χ1n) is 8.51. The summed E-state index contributed by atoms with van der Waals surface area (Å²) in [7, 11) is 2.91. The van der Waals surface area contributed by atoms with Crippen molar-refractivity contribution in [3.8, 4) is 0 Å². The van der Waals surface area contributed by atoms with Gasteiger partial charge in [0.1, 0.15) is 6.54 Å². The lowest BCUT2D eigenvalue weighted by Gasteiger charge is -2.16.